The van der Waals surface area contributed by atoms with Crippen molar-refractivity contribution in [1.29, 1.82) is 0 Å². The van der Waals surface area contributed by atoms with Gasteiger partial charge in [0.25, 0.3) is 5.56 Å². The minimum atomic E-state index is -0.336. The van der Waals surface area contributed by atoms with Crippen molar-refractivity contribution >= 4 is 22.8 Å². The van der Waals surface area contributed by atoms with E-state index >= 15 is 0 Å². The zero-order valence-corrected chi connectivity index (χ0v) is 13.3. The van der Waals surface area contributed by atoms with E-state index in [1.165, 1.54) is 0 Å². The number of nitrogens with one attached hydrogen (secondary N) is 2. The van der Waals surface area contributed by atoms with Crippen molar-refractivity contribution in [2.24, 2.45) is 0 Å². The van der Waals surface area contributed by atoms with Gasteiger partial charge in [-0.3, -0.25) is 14.6 Å². The normalized spacial score (nSPS) is 22.2. The fraction of sp³-hybridized carbons (Fsp3) is 0.471. The number of aromatic nitrogens is 2. The van der Waals surface area contributed by atoms with Gasteiger partial charge in [0.2, 0.25) is 11.9 Å². The Morgan fingerprint density at radius 2 is 1.96 bits per heavy atom. The lowest BCUT2D eigenvalue weighted by Gasteiger charge is -2.31. The van der Waals surface area contributed by atoms with Crippen LogP contribution in [0.2, 0.25) is 0 Å². The van der Waals surface area contributed by atoms with Gasteiger partial charge in [0, 0.05) is 25.8 Å². The quantitative estimate of drug-likeness (QED) is 0.881. The number of amides is 1. The summed E-state index contributed by atoms with van der Waals surface area (Å²) < 4.78 is 5.37. The predicted octanol–water partition coefficient (Wildman–Crippen LogP) is 1.11. The number of carbonyl (C=O) groups excluding carboxylic acids is 1. The van der Waals surface area contributed by atoms with Crippen molar-refractivity contribution in [3.63, 3.8) is 0 Å². The molecule has 0 bridgehead atoms. The molecule has 126 valence electrons. The maximum Gasteiger partial charge on any atom is 0.260 e. The van der Waals surface area contributed by atoms with Crippen molar-refractivity contribution in [2.45, 2.75) is 31.3 Å². The lowest BCUT2D eigenvalue weighted by molar-refractivity contribution is -0.131. The average Bonchev–Trinajstić information content (AvgIpc) is 2.96. The van der Waals surface area contributed by atoms with Gasteiger partial charge in [-0.2, -0.15) is 0 Å². The van der Waals surface area contributed by atoms with E-state index in [4.69, 9.17) is 4.74 Å². The number of hydrogen-bond donors (Lipinski definition) is 2. The van der Waals surface area contributed by atoms with Crippen LogP contribution in [0.4, 0.5) is 5.95 Å². The molecule has 2 fully saturated rings. The number of likely N-dealkylation sites (tertiary alicyclic amines) is 1. The second-order valence-corrected chi connectivity index (χ2v) is 6.29. The van der Waals surface area contributed by atoms with Crippen LogP contribution in [0.15, 0.2) is 29.1 Å². The molecule has 1 aromatic carbocycles. The number of carbonyl (C=O) groups is 1. The van der Waals surface area contributed by atoms with Crippen LogP contribution in [-0.4, -0.2) is 52.6 Å². The molecule has 2 aliphatic rings. The Balaban J connectivity index is 1.51. The first-order valence-corrected chi connectivity index (χ1v) is 8.36. The highest BCUT2D eigenvalue weighted by Crippen LogP contribution is 2.23. The van der Waals surface area contributed by atoms with E-state index in [9.17, 15) is 9.59 Å². The smallest absolute Gasteiger partial charge is 0.260 e. The molecule has 2 aliphatic heterocycles. The standard InChI is InChI=1S/C17H20N4O3/c22-15-12-3-1-2-4-13(12)18-17(20-15)19-14-5-8-21(16(14)23)11-6-9-24-10-7-11/h1-4,11,14H,5-10H2,(H2,18,19,20,22). The third-order valence-electron chi connectivity index (χ3n) is 4.80. The summed E-state index contributed by atoms with van der Waals surface area (Å²) in [5, 5.41) is 3.65. The van der Waals surface area contributed by atoms with Crippen molar-refractivity contribution in [2.75, 3.05) is 25.1 Å². The fourth-order valence-corrected chi connectivity index (χ4v) is 3.52. The Bertz CT molecular complexity index is 813. The highest BCUT2D eigenvalue weighted by atomic mass is 16.5. The molecule has 2 aromatic rings. The molecule has 0 spiro atoms. The fourth-order valence-electron chi connectivity index (χ4n) is 3.52. The van der Waals surface area contributed by atoms with Crippen LogP contribution < -0.4 is 10.9 Å². The summed E-state index contributed by atoms with van der Waals surface area (Å²) in [7, 11) is 0. The van der Waals surface area contributed by atoms with Crippen molar-refractivity contribution < 1.29 is 9.53 Å². The highest BCUT2D eigenvalue weighted by molar-refractivity contribution is 5.87. The molecular weight excluding hydrogens is 308 g/mol. The molecule has 0 radical (unpaired) electrons. The Kier molecular flexibility index (Phi) is 3.93. The number of anilines is 1. The van der Waals surface area contributed by atoms with Crippen LogP contribution in [0.1, 0.15) is 19.3 Å². The van der Waals surface area contributed by atoms with Gasteiger partial charge in [0.1, 0.15) is 6.04 Å². The Morgan fingerprint density at radius 3 is 2.79 bits per heavy atom. The van der Waals surface area contributed by atoms with Crippen LogP contribution in [0.25, 0.3) is 10.9 Å². The molecule has 7 nitrogen and oxygen atoms in total. The third kappa shape index (κ3) is 2.75. The molecule has 24 heavy (non-hydrogen) atoms. The molecular formula is C17H20N4O3. The topological polar surface area (TPSA) is 87.3 Å². The van der Waals surface area contributed by atoms with Crippen LogP contribution in [0.3, 0.4) is 0 Å². The highest BCUT2D eigenvalue weighted by Gasteiger charge is 2.36. The summed E-state index contributed by atoms with van der Waals surface area (Å²) >= 11 is 0. The molecule has 2 saturated heterocycles. The zero-order valence-electron chi connectivity index (χ0n) is 13.3. The second-order valence-electron chi connectivity index (χ2n) is 6.29. The minimum Gasteiger partial charge on any atom is -0.381 e. The molecule has 3 heterocycles. The Morgan fingerprint density at radius 1 is 1.17 bits per heavy atom. The molecule has 1 aromatic heterocycles. The SMILES string of the molecule is O=C1C(Nc2nc3ccccc3c(=O)[nH]2)CCN1C1CCOCC1. The van der Waals surface area contributed by atoms with Crippen LogP contribution in [0, 0.1) is 0 Å². The van der Waals surface area contributed by atoms with Gasteiger partial charge in [-0.05, 0) is 31.4 Å². The molecule has 0 aliphatic carbocycles. The number of ether oxygens (including phenoxy) is 1. The summed E-state index contributed by atoms with van der Waals surface area (Å²) in [6.45, 7) is 2.16. The number of H-pyrrole nitrogens is 1. The molecule has 1 atom stereocenters. The maximum atomic E-state index is 12.7. The first-order chi connectivity index (χ1) is 11.7. The number of benzene rings is 1. The largest absolute Gasteiger partial charge is 0.381 e. The molecule has 1 amide bonds. The summed E-state index contributed by atoms with van der Waals surface area (Å²) in [6, 6.07) is 7.10. The molecule has 2 N–H and O–H groups in total. The van der Waals surface area contributed by atoms with E-state index < -0.39 is 0 Å². The van der Waals surface area contributed by atoms with E-state index in [0.717, 1.165) is 19.4 Å². The van der Waals surface area contributed by atoms with E-state index in [1.807, 2.05) is 11.0 Å². The lowest BCUT2D eigenvalue weighted by Crippen LogP contribution is -2.43. The van der Waals surface area contributed by atoms with Gasteiger partial charge in [-0.1, -0.05) is 12.1 Å². The van der Waals surface area contributed by atoms with Crippen molar-refractivity contribution in [3.05, 3.63) is 34.6 Å². The maximum absolute atomic E-state index is 12.7. The second kappa shape index (κ2) is 6.24. The monoisotopic (exact) mass is 328 g/mol. The summed E-state index contributed by atoms with van der Waals surface area (Å²) in [5.41, 5.74) is 0.422. The zero-order chi connectivity index (χ0) is 16.5. The number of hydrogen-bond acceptors (Lipinski definition) is 5. The summed E-state index contributed by atoms with van der Waals surface area (Å²) in [4.78, 5) is 33.9. The van der Waals surface area contributed by atoms with E-state index in [2.05, 4.69) is 15.3 Å². The molecule has 1 unspecified atom stereocenters. The first kappa shape index (κ1) is 15.1. The van der Waals surface area contributed by atoms with E-state index in [0.29, 0.717) is 36.5 Å². The summed E-state index contributed by atoms with van der Waals surface area (Å²) in [6.07, 6.45) is 2.50. The van der Waals surface area contributed by atoms with Gasteiger partial charge in [0.05, 0.1) is 10.9 Å². The Hall–Kier alpha value is -2.41. The predicted molar refractivity (Wildman–Crippen MR) is 89.9 cm³/mol. The molecule has 7 heteroatoms. The molecule has 4 rings (SSSR count). The van der Waals surface area contributed by atoms with E-state index in [-0.39, 0.29) is 23.6 Å². The Labute approximate surface area is 139 Å². The lowest BCUT2D eigenvalue weighted by atomic mass is 10.1. The van der Waals surface area contributed by atoms with Crippen molar-refractivity contribution in [3.8, 4) is 0 Å². The number of fused-ring (bicyclic) bond motifs is 1. The van der Waals surface area contributed by atoms with Crippen LogP contribution in [0.5, 0.6) is 0 Å². The van der Waals surface area contributed by atoms with Crippen LogP contribution in [-0.2, 0) is 9.53 Å². The number of nitrogens with zero attached hydrogens (tertiary/aromatic N) is 2. The molecule has 0 saturated carbocycles. The van der Waals surface area contributed by atoms with Gasteiger partial charge >= 0.3 is 0 Å². The number of para-hydroxylation sites is 1. The first-order valence-electron chi connectivity index (χ1n) is 8.36. The van der Waals surface area contributed by atoms with Gasteiger partial charge in [0.15, 0.2) is 0 Å². The third-order valence-corrected chi connectivity index (χ3v) is 4.80. The average molecular weight is 328 g/mol. The van der Waals surface area contributed by atoms with Crippen molar-refractivity contribution in [1.82, 2.24) is 14.9 Å². The van der Waals surface area contributed by atoms with Crippen LogP contribution >= 0.6 is 0 Å². The van der Waals surface area contributed by atoms with Gasteiger partial charge < -0.3 is 15.0 Å². The van der Waals surface area contributed by atoms with Gasteiger partial charge in [-0.15, -0.1) is 0 Å². The summed E-state index contributed by atoms with van der Waals surface area (Å²) in [5.74, 6) is 0.434. The van der Waals surface area contributed by atoms with E-state index in [1.54, 1.807) is 18.2 Å². The number of rotatable bonds is 3. The van der Waals surface area contributed by atoms with Gasteiger partial charge in [-0.25, -0.2) is 4.98 Å². The minimum absolute atomic E-state index is 0.0812. The number of aromatic amines is 1.